The monoisotopic (exact) mass is 286 g/mol. The minimum Gasteiger partial charge on any atom is -0.429 e. The van der Waals surface area contributed by atoms with E-state index in [2.05, 4.69) is 14.7 Å². The first-order valence-electron chi connectivity index (χ1n) is 5.68. The van der Waals surface area contributed by atoms with Crippen molar-refractivity contribution in [3.05, 3.63) is 42.5 Å². The predicted octanol–water partition coefficient (Wildman–Crippen LogP) is 3.61. The number of rotatable bonds is 4. The molecule has 0 bridgehead atoms. The maximum Gasteiger partial charge on any atom is 0.429 e. The van der Waals surface area contributed by atoms with E-state index in [1.165, 1.54) is 24.4 Å². The third-order valence-electron chi connectivity index (χ3n) is 2.45. The molecule has 0 amide bonds. The lowest BCUT2D eigenvalue weighted by Gasteiger charge is -2.18. The van der Waals surface area contributed by atoms with Crippen molar-refractivity contribution in [3.8, 4) is 17.1 Å². The van der Waals surface area contributed by atoms with Gasteiger partial charge in [0.05, 0.1) is 11.9 Å². The van der Waals surface area contributed by atoms with Gasteiger partial charge in [-0.25, -0.2) is 8.78 Å². The maximum atomic E-state index is 13.4. The molecule has 1 unspecified atom stereocenters. The molecule has 0 spiro atoms. The van der Waals surface area contributed by atoms with Crippen LogP contribution in [0.5, 0.6) is 5.75 Å². The second kappa shape index (κ2) is 5.44. The lowest BCUT2D eigenvalue weighted by molar-refractivity contribution is -0.215. The quantitative estimate of drug-likeness (QED) is 0.805. The number of aromatic nitrogens is 2. The topological polar surface area (TPSA) is 35.0 Å². The summed E-state index contributed by atoms with van der Waals surface area (Å²) in [5.41, 5.74) is 0.150. The van der Waals surface area contributed by atoms with Crippen LogP contribution in [-0.2, 0) is 0 Å². The van der Waals surface area contributed by atoms with E-state index in [4.69, 9.17) is 0 Å². The largest absolute Gasteiger partial charge is 0.429 e. The molecule has 0 saturated carbocycles. The summed E-state index contributed by atoms with van der Waals surface area (Å²) >= 11 is 0. The lowest BCUT2D eigenvalue weighted by Crippen LogP contribution is -2.34. The van der Waals surface area contributed by atoms with Gasteiger partial charge in [0.2, 0.25) is 6.17 Å². The Balaban J connectivity index is 2.21. The fourth-order valence-corrected chi connectivity index (χ4v) is 1.39. The van der Waals surface area contributed by atoms with Crippen LogP contribution in [0, 0.1) is 5.82 Å². The van der Waals surface area contributed by atoms with Crippen molar-refractivity contribution in [2.24, 2.45) is 0 Å². The Hall–Kier alpha value is -2.18. The second-order valence-electron chi connectivity index (χ2n) is 3.99. The summed E-state index contributed by atoms with van der Waals surface area (Å²) in [7, 11) is 0. The Morgan fingerprint density at radius 3 is 2.50 bits per heavy atom. The Bertz CT molecular complexity index is 587. The molecule has 2 aromatic rings. The number of alkyl halides is 3. The summed E-state index contributed by atoms with van der Waals surface area (Å²) in [4.78, 5) is 7.56. The third kappa shape index (κ3) is 3.04. The predicted molar refractivity (Wildman–Crippen MR) is 63.6 cm³/mol. The Morgan fingerprint density at radius 2 is 1.95 bits per heavy atom. The molecule has 7 heteroatoms. The van der Waals surface area contributed by atoms with E-state index in [1.54, 1.807) is 0 Å². The zero-order valence-electron chi connectivity index (χ0n) is 10.4. The first kappa shape index (κ1) is 14.2. The van der Waals surface area contributed by atoms with E-state index < -0.39 is 18.1 Å². The molecule has 0 aliphatic carbocycles. The highest BCUT2D eigenvalue weighted by molar-refractivity contribution is 5.54. The summed E-state index contributed by atoms with van der Waals surface area (Å²) in [6.07, 6.45) is -4.07. The van der Waals surface area contributed by atoms with Crippen LogP contribution < -0.4 is 4.74 Å². The van der Waals surface area contributed by atoms with E-state index in [1.807, 2.05) is 0 Å². The highest BCUT2D eigenvalue weighted by Gasteiger charge is 2.39. The number of halogens is 4. The summed E-state index contributed by atoms with van der Waals surface area (Å²) in [6.45, 7) is 0.686. The Morgan fingerprint density at radius 1 is 1.20 bits per heavy atom. The second-order valence-corrected chi connectivity index (χ2v) is 3.99. The molecule has 0 fully saturated rings. The molecule has 3 nitrogen and oxygen atoms in total. The van der Waals surface area contributed by atoms with Crippen molar-refractivity contribution in [3.63, 3.8) is 0 Å². The number of ether oxygens (including phenoxy) is 1. The highest BCUT2D eigenvalue weighted by Crippen LogP contribution is 2.27. The molecule has 0 radical (unpaired) electrons. The van der Waals surface area contributed by atoms with Crippen molar-refractivity contribution >= 4 is 0 Å². The average molecular weight is 286 g/mol. The number of hydrogen-bond donors (Lipinski definition) is 0. The van der Waals surface area contributed by atoms with E-state index in [0.29, 0.717) is 6.92 Å². The molecule has 0 aliphatic heterocycles. The molecule has 106 valence electrons. The molecule has 0 aliphatic rings. The highest BCUT2D eigenvalue weighted by atomic mass is 19.3. The van der Waals surface area contributed by atoms with Crippen molar-refractivity contribution in [1.29, 1.82) is 0 Å². The van der Waals surface area contributed by atoms with Crippen molar-refractivity contribution in [1.82, 2.24) is 9.97 Å². The maximum absolute atomic E-state index is 13.4. The third-order valence-corrected chi connectivity index (χ3v) is 2.45. The zero-order valence-corrected chi connectivity index (χ0v) is 10.4. The molecule has 1 atom stereocenters. The van der Waals surface area contributed by atoms with Crippen molar-refractivity contribution < 1.29 is 22.3 Å². The fourth-order valence-electron chi connectivity index (χ4n) is 1.39. The minimum atomic E-state index is -3.94. The Kier molecular flexibility index (Phi) is 3.87. The van der Waals surface area contributed by atoms with E-state index in [9.17, 15) is 17.6 Å². The molecule has 2 rings (SSSR count). The van der Waals surface area contributed by atoms with Gasteiger partial charge in [-0.15, -0.1) is 0 Å². The first-order valence-corrected chi connectivity index (χ1v) is 5.68. The summed E-state index contributed by atoms with van der Waals surface area (Å²) in [5.74, 6) is -0.907. The Labute approximate surface area is 112 Å². The summed E-state index contributed by atoms with van der Waals surface area (Å²) in [5, 5.41) is 0. The van der Waals surface area contributed by atoms with Crippen molar-refractivity contribution in [2.75, 3.05) is 0 Å². The average Bonchev–Trinajstić information content (AvgIpc) is 2.40. The van der Waals surface area contributed by atoms with E-state index in [0.717, 1.165) is 12.3 Å². The van der Waals surface area contributed by atoms with Crippen LogP contribution >= 0.6 is 0 Å². The van der Waals surface area contributed by atoms with Crippen LogP contribution in [0.3, 0.4) is 0 Å². The van der Waals surface area contributed by atoms with Crippen LogP contribution in [0.15, 0.2) is 36.7 Å². The van der Waals surface area contributed by atoms with E-state index >= 15 is 0 Å². The van der Waals surface area contributed by atoms with Gasteiger partial charge in [-0.1, -0.05) is 0 Å². The van der Waals surface area contributed by atoms with Gasteiger partial charge in [0.15, 0.2) is 5.82 Å². The minimum absolute atomic E-state index is 0.00957. The van der Waals surface area contributed by atoms with Crippen LogP contribution in [0.2, 0.25) is 0 Å². The van der Waals surface area contributed by atoms with Gasteiger partial charge >= 0.3 is 6.11 Å². The number of pyridine rings is 2. The molecule has 0 saturated heterocycles. The molecule has 20 heavy (non-hydrogen) atoms. The van der Waals surface area contributed by atoms with Crippen LogP contribution in [-0.4, -0.2) is 22.2 Å². The molecule has 0 aromatic carbocycles. The molecular formula is C13H10F4N2O. The molecule has 0 N–H and O–H groups in total. The fraction of sp³-hybridized carbons (Fsp3) is 0.231. The molecular weight excluding hydrogens is 276 g/mol. The van der Waals surface area contributed by atoms with Gasteiger partial charge in [0.1, 0.15) is 11.4 Å². The standard InChI is InChI=1S/C13H10F4N2O/c1-8(14)13(16,17)20-9-4-5-11(19-7-9)12-10(15)3-2-6-18-12/h2-8H,1H3. The van der Waals surface area contributed by atoms with Crippen LogP contribution in [0.4, 0.5) is 17.6 Å². The first-order chi connectivity index (χ1) is 9.40. The van der Waals surface area contributed by atoms with Crippen LogP contribution in [0.25, 0.3) is 11.4 Å². The molecule has 2 aromatic heterocycles. The van der Waals surface area contributed by atoms with Crippen molar-refractivity contribution in [2.45, 2.75) is 19.2 Å². The van der Waals surface area contributed by atoms with Gasteiger partial charge in [0, 0.05) is 6.20 Å². The summed E-state index contributed by atoms with van der Waals surface area (Å²) < 4.78 is 56.3. The van der Waals surface area contributed by atoms with Gasteiger partial charge in [-0.3, -0.25) is 9.97 Å². The number of hydrogen-bond acceptors (Lipinski definition) is 3. The lowest BCUT2D eigenvalue weighted by atomic mass is 10.2. The number of nitrogens with zero attached hydrogens (tertiary/aromatic N) is 2. The van der Waals surface area contributed by atoms with Gasteiger partial charge in [0.25, 0.3) is 0 Å². The molecule has 2 heterocycles. The van der Waals surface area contributed by atoms with Gasteiger partial charge in [-0.05, 0) is 31.2 Å². The van der Waals surface area contributed by atoms with Crippen LogP contribution in [0.1, 0.15) is 6.92 Å². The normalized spacial score (nSPS) is 13.1. The summed E-state index contributed by atoms with van der Waals surface area (Å²) in [6, 6.07) is 5.03. The van der Waals surface area contributed by atoms with Gasteiger partial charge in [-0.2, -0.15) is 8.78 Å². The zero-order chi connectivity index (χ0) is 14.8. The smallest absolute Gasteiger partial charge is 0.429 e. The SMILES string of the molecule is CC(F)C(F)(F)Oc1ccc(-c2ncccc2F)nc1. The van der Waals surface area contributed by atoms with Gasteiger partial charge < -0.3 is 4.74 Å². The van der Waals surface area contributed by atoms with E-state index in [-0.39, 0.29) is 17.1 Å².